The van der Waals surface area contributed by atoms with Crippen LogP contribution < -0.4 is 11.1 Å². The van der Waals surface area contributed by atoms with E-state index >= 15 is 0 Å². The van der Waals surface area contributed by atoms with Crippen molar-refractivity contribution in [3.8, 4) is 0 Å². The average molecular weight is 344 g/mol. The Morgan fingerprint density at radius 1 is 1.24 bits per heavy atom. The van der Waals surface area contributed by atoms with Crippen LogP contribution in [-0.4, -0.2) is 12.0 Å². The van der Waals surface area contributed by atoms with Crippen LogP contribution in [-0.2, 0) is 0 Å². The lowest BCUT2D eigenvalue weighted by molar-refractivity contribution is 0.984. The Hall–Kier alpha value is -1.81. The van der Waals surface area contributed by atoms with Gasteiger partial charge in [-0.15, -0.1) is 0 Å². The quantitative estimate of drug-likeness (QED) is 0.652. The zero-order valence-electron chi connectivity index (χ0n) is 11.9. The van der Waals surface area contributed by atoms with E-state index in [0.717, 1.165) is 16.6 Å². The number of anilines is 1. The molecule has 108 valence electrons. The van der Waals surface area contributed by atoms with Gasteiger partial charge < -0.3 is 11.1 Å². The van der Waals surface area contributed by atoms with Gasteiger partial charge in [0, 0.05) is 16.1 Å². The van der Waals surface area contributed by atoms with E-state index in [1.165, 1.54) is 11.1 Å². The third-order valence-corrected chi connectivity index (χ3v) is 4.18. The van der Waals surface area contributed by atoms with Crippen molar-refractivity contribution in [3.05, 3.63) is 64.1 Å². The number of guanidine groups is 1. The molecular formula is C17H18BrN3. The molecule has 1 aliphatic carbocycles. The van der Waals surface area contributed by atoms with E-state index in [1.54, 1.807) is 0 Å². The maximum atomic E-state index is 5.99. The second-order valence-corrected chi connectivity index (χ2v) is 6.39. The van der Waals surface area contributed by atoms with Crippen LogP contribution in [0.4, 0.5) is 5.69 Å². The monoisotopic (exact) mass is 343 g/mol. The molecule has 1 saturated carbocycles. The summed E-state index contributed by atoms with van der Waals surface area (Å²) in [6.45, 7) is 2.06. The minimum atomic E-state index is 0.295. The lowest BCUT2D eigenvalue weighted by Gasteiger charge is -2.06. The first-order chi connectivity index (χ1) is 10.1. The summed E-state index contributed by atoms with van der Waals surface area (Å²) in [7, 11) is 0. The summed E-state index contributed by atoms with van der Waals surface area (Å²) in [6, 6.07) is 16.9. The lowest BCUT2D eigenvalue weighted by Crippen LogP contribution is -2.23. The molecular weight excluding hydrogens is 326 g/mol. The molecule has 3 N–H and O–H groups in total. The zero-order valence-corrected chi connectivity index (χ0v) is 13.5. The van der Waals surface area contributed by atoms with Crippen molar-refractivity contribution in [3.63, 3.8) is 0 Å². The molecule has 0 amide bonds. The van der Waals surface area contributed by atoms with E-state index in [2.05, 4.69) is 69.6 Å². The molecule has 0 aliphatic heterocycles. The van der Waals surface area contributed by atoms with Crippen molar-refractivity contribution >= 4 is 27.6 Å². The zero-order chi connectivity index (χ0) is 14.8. The van der Waals surface area contributed by atoms with Gasteiger partial charge in [0.15, 0.2) is 5.96 Å². The summed E-state index contributed by atoms with van der Waals surface area (Å²) in [4.78, 5) is 4.57. The molecule has 0 saturated heterocycles. The number of nitrogens with one attached hydrogen (secondary N) is 1. The van der Waals surface area contributed by atoms with Gasteiger partial charge in [0.05, 0.1) is 6.04 Å². The molecule has 2 aromatic rings. The summed E-state index contributed by atoms with van der Waals surface area (Å²) < 4.78 is 1.10. The van der Waals surface area contributed by atoms with Gasteiger partial charge in [-0.2, -0.15) is 0 Å². The fraction of sp³-hybridized carbons (Fsp3) is 0.235. The molecule has 1 aliphatic rings. The number of nitrogens with zero attached hydrogens (tertiary/aromatic N) is 1. The van der Waals surface area contributed by atoms with E-state index in [1.807, 2.05) is 12.1 Å². The Morgan fingerprint density at radius 3 is 2.71 bits per heavy atom. The lowest BCUT2D eigenvalue weighted by atomic mass is 10.1. The Morgan fingerprint density at radius 2 is 2.00 bits per heavy atom. The van der Waals surface area contributed by atoms with Gasteiger partial charge in [0.2, 0.25) is 0 Å². The molecule has 2 aromatic carbocycles. The molecule has 3 rings (SSSR count). The van der Waals surface area contributed by atoms with Crippen LogP contribution in [0.3, 0.4) is 0 Å². The highest BCUT2D eigenvalue weighted by Crippen LogP contribution is 2.43. The second-order valence-electron chi connectivity index (χ2n) is 5.47. The maximum Gasteiger partial charge on any atom is 0.193 e. The van der Waals surface area contributed by atoms with Crippen LogP contribution >= 0.6 is 15.9 Å². The fourth-order valence-corrected chi connectivity index (χ4v) is 2.74. The van der Waals surface area contributed by atoms with Gasteiger partial charge in [-0.05, 0) is 48.7 Å². The van der Waals surface area contributed by atoms with Gasteiger partial charge in [-0.1, -0.05) is 40.2 Å². The topological polar surface area (TPSA) is 50.4 Å². The smallest absolute Gasteiger partial charge is 0.193 e. The summed E-state index contributed by atoms with van der Waals surface area (Å²) in [6.07, 6.45) is 1.07. The van der Waals surface area contributed by atoms with E-state index in [-0.39, 0.29) is 0 Å². The van der Waals surface area contributed by atoms with Crippen LogP contribution in [0.1, 0.15) is 23.5 Å². The van der Waals surface area contributed by atoms with Gasteiger partial charge in [-0.25, -0.2) is 4.99 Å². The molecule has 0 aromatic heterocycles. The van der Waals surface area contributed by atoms with Crippen LogP contribution in [0, 0.1) is 6.92 Å². The Kier molecular flexibility index (Phi) is 3.97. The highest BCUT2D eigenvalue weighted by Gasteiger charge is 2.38. The summed E-state index contributed by atoms with van der Waals surface area (Å²) in [5.74, 6) is 0.987. The summed E-state index contributed by atoms with van der Waals surface area (Å²) in [5, 5.41) is 3.16. The van der Waals surface area contributed by atoms with Crippen molar-refractivity contribution < 1.29 is 0 Å². The number of benzene rings is 2. The summed E-state index contributed by atoms with van der Waals surface area (Å²) in [5.41, 5.74) is 9.51. The van der Waals surface area contributed by atoms with E-state index in [9.17, 15) is 0 Å². The maximum absolute atomic E-state index is 5.99. The number of aliphatic imine (C=N–C) groups is 1. The number of aryl methyl sites for hydroxylation is 1. The average Bonchev–Trinajstić information content (AvgIpc) is 3.18. The van der Waals surface area contributed by atoms with E-state index in [4.69, 9.17) is 5.73 Å². The SMILES string of the molecule is Cc1cccc(NC(N)=NC2CC2c2ccc(Br)cc2)c1. The first-order valence-electron chi connectivity index (χ1n) is 7.04. The standard InChI is InChI=1S/C17H18BrN3/c1-11-3-2-4-14(9-11)20-17(19)21-16-10-15(16)12-5-7-13(18)8-6-12/h2-9,15-16H,10H2,1H3,(H3,19,20,21). The van der Waals surface area contributed by atoms with Crippen molar-refractivity contribution in [2.75, 3.05) is 5.32 Å². The molecule has 3 nitrogen and oxygen atoms in total. The third-order valence-electron chi connectivity index (χ3n) is 3.65. The van der Waals surface area contributed by atoms with Crippen LogP contribution in [0.15, 0.2) is 58.0 Å². The molecule has 21 heavy (non-hydrogen) atoms. The van der Waals surface area contributed by atoms with Crippen molar-refractivity contribution in [1.82, 2.24) is 0 Å². The Labute approximate surface area is 133 Å². The number of hydrogen-bond donors (Lipinski definition) is 2. The largest absolute Gasteiger partial charge is 0.370 e. The van der Waals surface area contributed by atoms with Crippen LogP contribution in [0.5, 0.6) is 0 Å². The molecule has 1 fully saturated rings. The molecule has 2 atom stereocenters. The van der Waals surface area contributed by atoms with Crippen LogP contribution in [0.2, 0.25) is 0 Å². The number of hydrogen-bond acceptors (Lipinski definition) is 1. The van der Waals surface area contributed by atoms with Gasteiger partial charge >= 0.3 is 0 Å². The summed E-state index contributed by atoms with van der Waals surface area (Å²) >= 11 is 3.46. The van der Waals surface area contributed by atoms with Crippen LogP contribution in [0.25, 0.3) is 0 Å². The van der Waals surface area contributed by atoms with E-state index < -0.39 is 0 Å². The number of halogens is 1. The highest BCUT2D eigenvalue weighted by molar-refractivity contribution is 9.10. The predicted octanol–water partition coefficient (Wildman–Crippen LogP) is 4.04. The molecule has 4 heteroatoms. The first kappa shape index (κ1) is 14.1. The normalized spacial score (nSPS) is 21.1. The highest BCUT2D eigenvalue weighted by atomic mass is 79.9. The number of rotatable bonds is 3. The second kappa shape index (κ2) is 5.90. The molecule has 0 spiro atoms. The van der Waals surface area contributed by atoms with Gasteiger partial charge in [0.25, 0.3) is 0 Å². The minimum absolute atomic E-state index is 0.295. The van der Waals surface area contributed by atoms with Crippen molar-refractivity contribution in [2.45, 2.75) is 25.3 Å². The predicted molar refractivity (Wildman–Crippen MR) is 91.7 cm³/mol. The fourth-order valence-electron chi connectivity index (χ4n) is 2.47. The van der Waals surface area contributed by atoms with E-state index in [0.29, 0.717) is 17.9 Å². The van der Waals surface area contributed by atoms with Gasteiger partial charge in [0.1, 0.15) is 0 Å². The van der Waals surface area contributed by atoms with Crippen molar-refractivity contribution in [2.24, 2.45) is 10.7 Å². The Bertz CT molecular complexity index is 664. The third kappa shape index (κ3) is 3.64. The molecule has 2 unspecified atom stereocenters. The minimum Gasteiger partial charge on any atom is -0.370 e. The Balaban J connectivity index is 1.63. The molecule has 0 heterocycles. The molecule has 0 bridgehead atoms. The van der Waals surface area contributed by atoms with Gasteiger partial charge in [-0.3, -0.25) is 0 Å². The molecule has 0 radical (unpaired) electrons. The number of nitrogens with two attached hydrogens (primary N) is 1. The first-order valence-corrected chi connectivity index (χ1v) is 7.83. The van der Waals surface area contributed by atoms with Crippen molar-refractivity contribution in [1.29, 1.82) is 0 Å².